The Labute approximate surface area is 83.8 Å². The van der Waals surface area contributed by atoms with Gasteiger partial charge in [0.05, 0.1) is 6.61 Å². The van der Waals surface area contributed by atoms with Gasteiger partial charge in [0.1, 0.15) is 18.0 Å². The zero-order chi connectivity index (χ0) is 10.4. The highest BCUT2D eigenvalue weighted by atomic mass is 16.3. The Morgan fingerprint density at radius 3 is 2.86 bits per heavy atom. The van der Waals surface area contributed by atoms with E-state index in [9.17, 15) is 0 Å². The molecule has 0 fully saturated rings. The molecular weight excluding hydrogens is 180 g/mol. The summed E-state index contributed by atoms with van der Waals surface area (Å²) in [5.41, 5.74) is 0. The first-order chi connectivity index (χ1) is 6.81. The number of aromatic nitrogens is 2. The number of rotatable bonds is 5. The van der Waals surface area contributed by atoms with Crippen LogP contribution in [0, 0.1) is 0 Å². The molecule has 0 radical (unpaired) electrons. The number of likely N-dealkylation sites (N-methyl/N-ethyl adjacent to an activating group) is 1. The van der Waals surface area contributed by atoms with E-state index in [0.717, 1.165) is 18.2 Å². The summed E-state index contributed by atoms with van der Waals surface area (Å²) in [7, 11) is 1.81. The molecule has 14 heavy (non-hydrogen) atoms. The molecule has 0 aliphatic carbocycles. The van der Waals surface area contributed by atoms with Crippen molar-refractivity contribution in [1.82, 2.24) is 9.97 Å². The van der Waals surface area contributed by atoms with Crippen molar-refractivity contribution in [2.24, 2.45) is 0 Å². The first-order valence-electron chi connectivity index (χ1n) is 4.67. The Morgan fingerprint density at radius 1 is 1.50 bits per heavy atom. The van der Waals surface area contributed by atoms with E-state index in [1.165, 1.54) is 6.33 Å². The van der Waals surface area contributed by atoms with E-state index in [-0.39, 0.29) is 6.61 Å². The van der Waals surface area contributed by atoms with E-state index in [0.29, 0.717) is 6.54 Å². The molecule has 1 heterocycles. The lowest BCUT2D eigenvalue weighted by Crippen LogP contribution is -2.27. The Balaban J connectivity index is 2.80. The van der Waals surface area contributed by atoms with Gasteiger partial charge in [0.2, 0.25) is 0 Å². The van der Waals surface area contributed by atoms with Crippen molar-refractivity contribution < 1.29 is 5.11 Å². The lowest BCUT2D eigenvalue weighted by Gasteiger charge is -2.20. The lowest BCUT2D eigenvalue weighted by molar-refractivity contribution is 0.302. The van der Waals surface area contributed by atoms with E-state index >= 15 is 0 Å². The summed E-state index contributed by atoms with van der Waals surface area (Å²) in [5, 5.41) is 11.8. The average molecular weight is 196 g/mol. The fraction of sp³-hybridized carbons (Fsp3) is 0.556. The van der Waals surface area contributed by atoms with Crippen molar-refractivity contribution in [2.45, 2.75) is 6.92 Å². The SMILES string of the molecule is CCN(CCO)c1cc(NC)ncn1. The van der Waals surface area contributed by atoms with Crippen molar-refractivity contribution in [3.63, 3.8) is 0 Å². The van der Waals surface area contributed by atoms with Gasteiger partial charge in [-0.25, -0.2) is 9.97 Å². The topological polar surface area (TPSA) is 61.3 Å². The molecule has 0 unspecified atom stereocenters. The summed E-state index contributed by atoms with van der Waals surface area (Å²) in [4.78, 5) is 10.2. The van der Waals surface area contributed by atoms with E-state index in [1.807, 2.05) is 24.9 Å². The van der Waals surface area contributed by atoms with Crippen molar-refractivity contribution in [3.05, 3.63) is 12.4 Å². The minimum absolute atomic E-state index is 0.132. The molecule has 0 saturated carbocycles. The second kappa shape index (κ2) is 5.39. The maximum Gasteiger partial charge on any atom is 0.134 e. The fourth-order valence-corrected chi connectivity index (χ4v) is 1.21. The molecule has 0 aliphatic rings. The van der Waals surface area contributed by atoms with Gasteiger partial charge < -0.3 is 15.3 Å². The summed E-state index contributed by atoms with van der Waals surface area (Å²) in [6.45, 7) is 3.57. The molecule has 0 bridgehead atoms. The third-order valence-corrected chi connectivity index (χ3v) is 1.98. The van der Waals surface area contributed by atoms with Crippen molar-refractivity contribution in [3.8, 4) is 0 Å². The predicted molar refractivity (Wildman–Crippen MR) is 56.6 cm³/mol. The van der Waals surface area contributed by atoms with Crippen LogP contribution in [0.3, 0.4) is 0 Å². The molecule has 0 atom stereocenters. The molecule has 5 heteroatoms. The molecule has 1 aromatic heterocycles. The molecule has 5 nitrogen and oxygen atoms in total. The normalized spacial score (nSPS) is 9.93. The first-order valence-corrected chi connectivity index (χ1v) is 4.67. The smallest absolute Gasteiger partial charge is 0.134 e. The van der Waals surface area contributed by atoms with Crippen LogP contribution in [0.4, 0.5) is 11.6 Å². The highest BCUT2D eigenvalue weighted by Gasteiger charge is 2.05. The molecular formula is C9H16N4O. The number of nitrogens with one attached hydrogen (secondary N) is 1. The standard InChI is InChI=1S/C9H16N4O/c1-3-13(4-5-14)9-6-8(10-2)11-7-12-9/h6-7,14H,3-5H2,1-2H3,(H,10,11,12). The van der Waals surface area contributed by atoms with Gasteiger partial charge in [-0.3, -0.25) is 0 Å². The Hall–Kier alpha value is -1.36. The molecule has 0 saturated heterocycles. The van der Waals surface area contributed by atoms with E-state index < -0.39 is 0 Å². The van der Waals surface area contributed by atoms with Crippen LogP contribution in [-0.4, -0.2) is 41.8 Å². The molecule has 1 rings (SSSR count). The summed E-state index contributed by atoms with van der Waals surface area (Å²) < 4.78 is 0. The Morgan fingerprint density at radius 2 is 2.29 bits per heavy atom. The van der Waals surface area contributed by atoms with Crippen molar-refractivity contribution >= 4 is 11.6 Å². The van der Waals surface area contributed by atoms with E-state index in [4.69, 9.17) is 5.11 Å². The van der Waals surface area contributed by atoms with Gasteiger partial charge in [0, 0.05) is 26.2 Å². The predicted octanol–water partition coefficient (Wildman–Crippen LogP) is 0.337. The van der Waals surface area contributed by atoms with Gasteiger partial charge in [0.25, 0.3) is 0 Å². The number of nitrogens with zero attached hydrogens (tertiary/aromatic N) is 3. The highest BCUT2D eigenvalue weighted by molar-refractivity contribution is 5.47. The average Bonchev–Trinajstić information content (AvgIpc) is 2.26. The third-order valence-electron chi connectivity index (χ3n) is 1.98. The quantitative estimate of drug-likeness (QED) is 0.711. The van der Waals surface area contributed by atoms with Crippen LogP contribution in [0.2, 0.25) is 0 Å². The van der Waals surface area contributed by atoms with E-state index in [2.05, 4.69) is 15.3 Å². The molecule has 0 amide bonds. The van der Waals surface area contributed by atoms with Crippen molar-refractivity contribution in [1.29, 1.82) is 0 Å². The second-order valence-electron chi connectivity index (χ2n) is 2.81. The monoisotopic (exact) mass is 196 g/mol. The van der Waals surface area contributed by atoms with Crippen LogP contribution in [-0.2, 0) is 0 Å². The van der Waals surface area contributed by atoms with Gasteiger partial charge in [-0.05, 0) is 6.92 Å². The maximum absolute atomic E-state index is 8.85. The summed E-state index contributed by atoms with van der Waals surface area (Å²) in [5.74, 6) is 1.62. The fourth-order valence-electron chi connectivity index (χ4n) is 1.21. The second-order valence-corrected chi connectivity index (χ2v) is 2.81. The number of aliphatic hydroxyl groups excluding tert-OH is 1. The van der Waals surface area contributed by atoms with Crippen LogP contribution >= 0.6 is 0 Å². The van der Waals surface area contributed by atoms with E-state index in [1.54, 1.807) is 0 Å². The summed E-state index contributed by atoms with van der Waals surface area (Å²) >= 11 is 0. The molecule has 0 aromatic carbocycles. The highest BCUT2D eigenvalue weighted by Crippen LogP contribution is 2.12. The number of hydrogen-bond acceptors (Lipinski definition) is 5. The molecule has 0 spiro atoms. The lowest BCUT2D eigenvalue weighted by atomic mass is 10.4. The van der Waals surface area contributed by atoms with Gasteiger partial charge in [0.15, 0.2) is 0 Å². The number of hydrogen-bond donors (Lipinski definition) is 2. The van der Waals surface area contributed by atoms with Gasteiger partial charge >= 0.3 is 0 Å². The Bertz CT molecular complexity index is 279. The Kier molecular flexibility index (Phi) is 4.12. The molecule has 2 N–H and O–H groups in total. The summed E-state index contributed by atoms with van der Waals surface area (Å²) in [6.07, 6.45) is 1.52. The van der Waals surface area contributed by atoms with Crippen LogP contribution < -0.4 is 10.2 Å². The minimum atomic E-state index is 0.132. The van der Waals surface area contributed by atoms with Crippen LogP contribution in [0.15, 0.2) is 12.4 Å². The van der Waals surface area contributed by atoms with Crippen LogP contribution in [0.25, 0.3) is 0 Å². The third kappa shape index (κ3) is 2.56. The zero-order valence-corrected chi connectivity index (χ0v) is 8.56. The van der Waals surface area contributed by atoms with Gasteiger partial charge in [-0.2, -0.15) is 0 Å². The molecule has 78 valence electrons. The van der Waals surface area contributed by atoms with Gasteiger partial charge in [-0.15, -0.1) is 0 Å². The summed E-state index contributed by atoms with van der Waals surface area (Å²) in [6, 6.07) is 1.86. The zero-order valence-electron chi connectivity index (χ0n) is 8.56. The van der Waals surface area contributed by atoms with Crippen LogP contribution in [0.1, 0.15) is 6.92 Å². The minimum Gasteiger partial charge on any atom is -0.395 e. The largest absolute Gasteiger partial charge is 0.395 e. The first kappa shape index (κ1) is 10.7. The number of anilines is 2. The van der Waals surface area contributed by atoms with Crippen LogP contribution in [0.5, 0.6) is 0 Å². The maximum atomic E-state index is 8.85. The van der Waals surface area contributed by atoms with Gasteiger partial charge in [-0.1, -0.05) is 0 Å². The molecule has 1 aromatic rings. The van der Waals surface area contributed by atoms with Crippen molar-refractivity contribution in [2.75, 3.05) is 37.0 Å². The molecule has 0 aliphatic heterocycles. The number of aliphatic hydroxyl groups is 1.